The van der Waals surface area contributed by atoms with Crippen molar-refractivity contribution in [3.05, 3.63) is 42.2 Å². The lowest BCUT2D eigenvalue weighted by Gasteiger charge is -2.14. The number of carboxylic acids is 1. The molecular weight excluding hydrogens is 223 g/mol. The van der Waals surface area contributed by atoms with E-state index in [4.69, 9.17) is 10.4 Å². The number of halogens is 1. The van der Waals surface area contributed by atoms with Gasteiger partial charge in [0.1, 0.15) is 17.9 Å². The summed E-state index contributed by atoms with van der Waals surface area (Å²) in [6, 6.07) is 4.47. The Bertz CT molecular complexity index is 480. The highest BCUT2D eigenvalue weighted by atomic mass is 19.1. The van der Waals surface area contributed by atoms with Crippen molar-refractivity contribution in [1.29, 1.82) is 5.26 Å². The molecule has 1 atom stereocenters. The first-order chi connectivity index (χ1) is 8.08. The van der Waals surface area contributed by atoms with Crippen LogP contribution in [0.2, 0.25) is 0 Å². The predicted molar refractivity (Wildman–Crippen MR) is 61.0 cm³/mol. The van der Waals surface area contributed by atoms with Crippen LogP contribution in [0.15, 0.2) is 30.9 Å². The molecule has 0 heterocycles. The number of nitrogens with one attached hydrogen (secondary N) is 1. The summed E-state index contributed by atoms with van der Waals surface area (Å²) in [5, 5.41) is 20.4. The largest absolute Gasteiger partial charge is 0.480 e. The second-order valence-electron chi connectivity index (χ2n) is 3.36. The molecule has 0 spiro atoms. The number of anilines is 1. The lowest BCUT2D eigenvalue weighted by atomic mass is 10.1. The Hall–Kier alpha value is -2.35. The van der Waals surface area contributed by atoms with Gasteiger partial charge in [-0.25, -0.2) is 9.18 Å². The summed E-state index contributed by atoms with van der Waals surface area (Å²) in [5.74, 6) is -1.60. The molecule has 88 valence electrons. The van der Waals surface area contributed by atoms with Gasteiger partial charge in [-0.15, -0.1) is 6.58 Å². The maximum atomic E-state index is 12.9. The van der Waals surface area contributed by atoms with Gasteiger partial charge in [-0.1, -0.05) is 6.08 Å². The molecule has 4 nitrogen and oxygen atoms in total. The molecule has 0 amide bonds. The van der Waals surface area contributed by atoms with Gasteiger partial charge in [-0.2, -0.15) is 5.26 Å². The number of hydrogen-bond donors (Lipinski definition) is 2. The van der Waals surface area contributed by atoms with Crippen molar-refractivity contribution in [2.45, 2.75) is 12.5 Å². The zero-order valence-corrected chi connectivity index (χ0v) is 8.98. The molecule has 0 saturated carbocycles. The van der Waals surface area contributed by atoms with Gasteiger partial charge in [0.05, 0.1) is 11.3 Å². The number of hydrogen-bond acceptors (Lipinski definition) is 3. The molecule has 1 aromatic carbocycles. The molecule has 0 saturated heterocycles. The lowest BCUT2D eigenvalue weighted by molar-refractivity contribution is -0.137. The molecule has 5 heteroatoms. The molecule has 1 unspecified atom stereocenters. The highest BCUT2D eigenvalue weighted by Gasteiger charge is 2.16. The van der Waals surface area contributed by atoms with Gasteiger partial charge >= 0.3 is 5.97 Å². The third kappa shape index (κ3) is 3.31. The maximum absolute atomic E-state index is 12.9. The minimum absolute atomic E-state index is 0.0697. The summed E-state index contributed by atoms with van der Waals surface area (Å²) in [6.07, 6.45) is 1.67. The molecule has 1 rings (SSSR count). The molecule has 2 N–H and O–H groups in total. The number of rotatable bonds is 5. The standard InChI is InChI=1S/C12H11FN2O2/c1-2-3-11(12(16)17)15-10-5-4-9(13)6-8(10)7-14/h2,4-6,11,15H,1,3H2,(H,16,17). The van der Waals surface area contributed by atoms with Crippen molar-refractivity contribution in [3.63, 3.8) is 0 Å². The summed E-state index contributed by atoms with van der Waals surface area (Å²) in [4.78, 5) is 10.9. The molecule has 0 aliphatic heterocycles. The molecule has 1 aromatic rings. The first-order valence-electron chi connectivity index (χ1n) is 4.88. The fraction of sp³-hybridized carbons (Fsp3) is 0.167. The number of carboxylic acid groups (broad SMARTS) is 1. The van der Waals surface area contributed by atoms with E-state index >= 15 is 0 Å². The molecule has 17 heavy (non-hydrogen) atoms. The highest BCUT2D eigenvalue weighted by Crippen LogP contribution is 2.17. The number of carbonyl (C=O) groups is 1. The summed E-state index contributed by atoms with van der Waals surface area (Å²) < 4.78 is 12.9. The minimum Gasteiger partial charge on any atom is -0.480 e. The first kappa shape index (κ1) is 12.7. The Labute approximate surface area is 98.0 Å². The van der Waals surface area contributed by atoms with E-state index in [2.05, 4.69) is 11.9 Å². The van der Waals surface area contributed by atoms with Crippen molar-refractivity contribution >= 4 is 11.7 Å². The number of benzene rings is 1. The molecule has 0 fully saturated rings. The Balaban J connectivity index is 2.97. The van der Waals surface area contributed by atoms with Gasteiger partial charge in [0.25, 0.3) is 0 Å². The summed E-state index contributed by atoms with van der Waals surface area (Å²) >= 11 is 0. The number of aliphatic carboxylic acids is 1. The van der Waals surface area contributed by atoms with Gasteiger partial charge in [-0.05, 0) is 24.6 Å². The van der Waals surface area contributed by atoms with Crippen molar-refractivity contribution in [1.82, 2.24) is 0 Å². The van der Waals surface area contributed by atoms with Crippen LogP contribution in [0.5, 0.6) is 0 Å². The second-order valence-corrected chi connectivity index (χ2v) is 3.36. The average molecular weight is 234 g/mol. The van der Waals surface area contributed by atoms with Crippen LogP contribution >= 0.6 is 0 Å². The van der Waals surface area contributed by atoms with E-state index in [1.54, 1.807) is 6.07 Å². The van der Waals surface area contributed by atoms with E-state index in [1.807, 2.05) is 0 Å². The summed E-state index contributed by atoms with van der Waals surface area (Å²) in [5.41, 5.74) is 0.364. The summed E-state index contributed by atoms with van der Waals surface area (Å²) in [7, 11) is 0. The van der Waals surface area contributed by atoms with E-state index in [9.17, 15) is 9.18 Å². The fourth-order valence-corrected chi connectivity index (χ4v) is 1.31. The predicted octanol–water partition coefficient (Wildman–Crippen LogP) is 2.14. The zero-order valence-electron chi connectivity index (χ0n) is 8.98. The Morgan fingerprint density at radius 3 is 2.94 bits per heavy atom. The van der Waals surface area contributed by atoms with Crippen LogP contribution in [0.25, 0.3) is 0 Å². The Morgan fingerprint density at radius 2 is 2.41 bits per heavy atom. The van der Waals surface area contributed by atoms with Gasteiger partial charge in [-0.3, -0.25) is 0 Å². The molecule has 0 bridgehead atoms. The normalized spacial score (nSPS) is 11.3. The van der Waals surface area contributed by atoms with Gasteiger partial charge in [0.2, 0.25) is 0 Å². The average Bonchev–Trinajstić information content (AvgIpc) is 2.30. The quantitative estimate of drug-likeness (QED) is 0.765. The van der Waals surface area contributed by atoms with E-state index in [0.717, 1.165) is 12.1 Å². The fourth-order valence-electron chi connectivity index (χ4n) is 1.31. The van der Waals surface area contributed by atoms with Crippen molar-refractivity contribution in [3.8, 4) is 6.07 Å². The van der Waals surface area contributed by atoms with Crippen molar-refractivity contribution in [2.75, 3.05) is 5.32 Å². The highest BCUT2D eigenvalue weighted by molar-refractivity contribution is 5.78. The van der Waals surface area contributed by atoms with E-state index in [1.165, 1.54) is 12.1 Å². The third-order valence-corrected chi connectivity index (χ3v) is 2.13. The van der Waals surface area contributed by atoms with Crippen LogP contribution < -0.4 is 5.32 Å². The maximum Gasteiger partial charge on any atom is 0.326 e. The first-order valence-corrected chi connectivity index (χ1v) is 4.88. The lowest BCUT2D eigenvalue weighted by Crippen LogP contribution is -2.28. The van der Waals surface area contributed by atoms with Gasteiger partial charge < -0.3 is 10.4 Å². The number of nitrogens with zero attached hydrogens (tertiary/aromatic N) is 1. The second kappa shape index (κ2) is 5.66. The van der Waals surface area contributed by atoms with E-state index < -0.39 is 17.8 Å². The number of nitriles is 1. The Morgan fingerprint density at radius 1 is 1.71 bits per heavy atom. The van der Waals surface area contributed by atoms with Crippen LogP contribution in [0.1, 0.15) is 12.0 Å². The van der Waals surface area contributed by atoms with Crippen LogP contribution in [0, 0.1) is 17.1 Å². The van der Waals surface area contributed by atoms with Crippen LogP contribution in [0.4, 0.5) is 10.1 Å². The third-order valence-electron chi connectivity index (χ3n) is 2.13. The smallest absolute Gasteiger partial charge is 0.326 e. The molecular formula is C12H11FN2O2. The van der Waals surface area contributed by atoms with Gasteiger partial charge in [0, 0.05) is 0 Å². The van der Waals surface area contributed by atoms with E-state index in [-0.39, 0.29) is 12.0 Å². The monoisotopic (exact) mass is 234 g/mol. The van der Waals surface area contributed by atoms with Crippen LogP contribution in [-0.4, -0.2) is 17.1 Å². The minimum atomic E-state index is -1.06. The van der Waals surface area contributed by atoms with Crippen molar-refractivity contribution in [2.24, 2.45) is 0 Å². The van der Waals surface area contributed by atoms with Gasteiger partial charge in [0.15, 0.2) is 0 Å². The molecule has 0 radical (unpaired) electrons. The topological polar surface area (TPSA) is 73.1 Å². The van der Waals surface area contributed by atoms with Crippen LogP contribution in [-0.2, 0) is 4.79 Å². The summed E-state index contributed by atoms with van der Waals surface area (Å²) in [6.45, 7) is 3.45. The molecule has 0 aliphatic carbocycles. The SMILES string of the molecule is C=CCC(Nc1ccc(F)cc1C#N)C(=O)O. The zero-order chi connectivity index (χ0) is 12.8. The van der Waals surface area contributed by atoms with E-state index in [0.29, 0.717) is 5.69 Å². The molecule has 0 aromatic heterocycles. The van der Waals surface area contributed by atoms with Crippen LogP contribution in [0.3, 0.4) is 0 Å². The molecule has 0 aliphatic rings. The van der Waals surface area contributed by atoms with Crippen molar-refractivity contribution < 1.29 is 14.3 Å². The Kier molecular flexibility index (Phi) is 4.23.